The van der Waals surface area contributed by atoms with E-state index in [4.69, 9.17) is 14.6 Å². The normalized spacial score (nSPS) is 11.6. The summed E-state index contributed by atoms with van der Waals surface area (Å²) < 4.78 is 32.5. The molecule has 0 amide bonds. The van der Waals surface area contributed by atoms with Crippen molar-refractivity contribution < 1.29 is 17.9 Å². The summed E-state index contributed by atoms with van der Waals surface area (Å²) in [6, 6.07) is 7.44. The molecule has 0 spiro atoms. The van der Waals surface area contributed by atoms with Gasteiger partial charge in [0, 0.05) is 38.4 Å². The summed E-state index contributed by atoms with van der Waals surface area (Å²) in [6.07, 6.45) is 0.811. The van der Waals surface area contributed by atoms with Crippen molar-refractivity contribution >= 4 is 45.6 Å². The summed E-state index contributed by atoms with van der Waals surface area (Å²) >= 11 is 0. The van der Waals surface area contributed by atoms with Gasteiger partial charge in [0.25, 0.3) is 0 Å². The molecule has 0 aliphatic carbocycles. The number of benzene rings is 1. The van der Waals surface area contributed by atoms with E-state index in [1.54, 1.807) is 7.11 Å². The Morgan fingerprint density at radius 1 is 1.32 bits per heavy atom. The summed E-state index contributed by atoms with van der Waals surface area (Å²) in [5.74, 6) is 1.01. The molecule has 25 heavy (non-hydrogen) atoms. The van der Waals surface area contributed by atoms with Crippen LogP contribution in [0.1, 0.15) is 13.3 Å². The number of aliphatic imine (C=N–C) groups is 1. The Morgan fingerprint density at radius 2 is 2.08 bits per heavy atom. The highest BCUT2D eigenvalue weighted by molar-refractivity contribution is 14.0. The molecule has 1 aromatic carbocycles. The quantitative estimate of drug-likeness (QED) is 0.199. The number of anilines is 1. The zero-order valence-electron chi connectivity index (χ0n) is 14.5. The summed E-state index contributed by atoms with van der Waals surface area (Å²) in [5, 5.41) is 11.1. The Morgan fingerprint density at radius 3 is 2.72 bits per heavy atom. The van der Waals surface area contributed by atoms with E-state index in [-0.39, 0.29) is 36.3 Å². The Hall–Kier alpha value is -1.11. The predicted octanol–water partition coefficient (Wildman–Crippen LogP) is 1.39. The Kier molecular flexibility index (Phi) is 12.6. The summed E-state index contributed by atoms with van der Waals surface area (Å²) in [7, 11) is -1.87. The van der Waals surface area contributed by atoms with Crippen molar-refractivity contribution in [3.63, 3.8) is 0 Å². The number of sulfonamides is 1. The van der Waals surface area contributed by atoms with E-state index in [0.29, 0.717) is 25.7 Å². The molecule has 4 N–H and O–H groups in total. The third-order valence-electron chi connectivity index (χ3n) is 2.85. The van der Waals surface area contributed by atoms with Crippen LogP contribution in [0.2, 0.25) is 0 Å². The van der Waals surface area contributed by atoms with Crippen LogP contribution in [0.4, 0.5) is 5.69 Å². The van der Waals surface area contributed by atoms with Crippen molar-refractivity contribution in [1.82, 2.24) is 5.32 Å². The van der Waals surface area contributed by atoms with E-state index in [0.717, 1.165) is 17.9 Å². The van der Waals surface area contributed by atoms with Gasteiger partial charge in [0.05, 0.1) is 18.9 Å². The Balaban J connectivity index is 0.00000576. The number of halogens is 1. The minimum absolute atomic E-state index is 0. The molecule has 0 aromatic heterocycles. The number of methoxy groups -OCH3 is 1. The first-order valence-electron chi connectivity index (χ1n) is 7.72. The molecule has 0 heterocycles. The van der Waals surface area contributed by atoms with E-state index in [1.807, 2.05) is 31.2 Å². The third kappa shape index (κ3) is 12.0. The van der Waals surface area contributed by atoms with Gasteiger partial charge in [0.1, 0.15) is 5.75 Å². The highest BCUT2D eigenvalue weighted by Gasteiger charge is 2.04. The van der Waals surface area contributed by atoms with E-state index >= 15 is 0 Å². The SMILES string of the molecule is CCNC(=NCCS(N)(=O)=O)Nc1cccc(OCCCOC)c1.I. The summed E-state index contributed by atoms with van der Waals surface area (Å²) in [6.45, 7) is 3.88. The fourth-order valence-corrected chi connectivity index (χ4v) is 2.13. The van der Waals surface area contributed by atoms with Crippen molar-refractivity contribution in [2.24, 2.45) is 10.1 Å². The van der Waals surface area contributed by atoms with Gasteiger partial charge < -0.3 is 20.1 Å². The smallest absolute Gasteiger partial charge is 0.210 e. The molecule has 0 fully saturated rings. The summed E-state index contributed by atoms with van der Waals surface area (Å²) in [5.41, 5.74) is 0.787. The van der Waals surface area contributed by atoms with Crippen LogP contribution in [0.5, 0.6) is 5.75 Å². The second-order valence-electron chi connectivity index (χ2n) is 4.98. The molecule has 1 aromatic rings. The molecule has 0 aliphatic rings. The second-order valence-corrected chi connectivity index (χ2v) is 6.71. The molecule has 0 radical (unpaired) electrons. The average molecular weight is 486 g/mol. The van der Waals surface area contributed by atoms with Gasteiger partial charge in [-0.15, -0.1) is 24.0 Å². The molecule has 0 saturated carbocycles. The maximum Gasteiger partial charge on any atom is 0.210 e. The van der Waals surface area contributed by atoms with Crippen LogP contribution in [0, 0.1) is 0 Å². The third-order valence-corrected chi connectivity index (χ3v) is 3.60. The minimum atomic E-state index is -3.52. The summed E-state index contributed by atoms with van der Waals surface area (Å²) in [4.78, 5) is 4.19. The minimum Gasteiger partial charge on any atom is -0.493 e. The number of primary sulfonamides is 1. The molecule has 10 heteroatoms. The Labute approximate surface area is 166 Å². The predicted molar refractivity (Wildman–Crippen MR) is 111 cm³/mol. The van der Waals surface area contributed by atoms with Crippen molar-refractivity contribution in [3.8, 4) is 5.75 Å². The lowest BCUT2D eigenvalue weighted by Gasteiger charge is -2.12. The van der Waals surface area contributed by atoms with Crippen LogP contribution in [0.3, 0.4) is 0 Å². The molecular formula is C15H27IN4O4S. The first-order chi connectivity index (χ1) is 11.4. The number of nitrogens with one attached hydrogen (secondary N) is 2. The number of guanidine groups is 1. The number of nitrogens with two attached hydrogens (primary N) is 1. The lowest BCUT2D eigenvalue weighted by atomic mass is 10.3. The van der Waals surface area contributed by atoms with Crippen molar-refractivity contribution in [2.45, 2.75) is 13.3 Å². The molecular weight excluding hydrogens is 459 g/mol. The van der Waals surface area contributed by atoms with Gasteiger partial charge in [0.15, 0.2) is 5.96 Å². The second kappa shape index (κ2) is 13.1. The van der Waals surface area contributed by atoms with Crippen LogP contribution in [-0.4, -0.2) is 53.5 Å². The molecule has 8 nitrogen and oxygen atoms in total. The van der Waals surface area contributed by atoms with Gasteiger partial charge in [-0.25, -0.2) is 13.6 Å². The fourth-order valence-electron chi connectivity index (χ4n) is 1.79. The molecule has 1 rings (SSSR count). The topological polar surface area (TPSA) is 115 Å². The van der Waals surface area contributed by atoms with Crippen molar-refractivity contribution in [2.75, 3.05) is 44.5 Å². The van der Waals surface area contributed by atoms with Crippen molar-refractivity contribution in [3.05, 3.63) is 24.3 Å². The van der Waals surface area contributed by atoms with Crippen LogP contribution >= 0.6 is 24.0 Å². The van der Waals surface area contributed by atoms with Crippen LogP contribution < -0.4 is 20.5 Å². The lowest BCUT2D eigenvalue weighted by molar-refractivity contribution is 0.172. The number of hydrogen-bond acceptors (Lipinski definition) is 5. The maximum absolute atomic E-state index is 11.0. The number of hydrogen-bond donors (Lipinski definition) is 3. The average Bonchev–Trinajstić information content (AvgIpc) is 2.51. The number of nitrogens with zero attached hydrogens (tertiary/aromatic N) is 1. The van der Waals surface area contributed by atoms with Gasteiger partial charge in [-0.05, 0) is 19.1 Å². The van der Waals surface area contributed by atoms with E-state index in [2.05, 4.69) is 15.6 Å². The molecule has 0 atom stereocenters. The van der Waals surface area contributed by atoms with Gasteiger partial charge in [-0.2, -0.15) is 0 Å². The first kappa shape index (κ1) is 23.9. The molecule has 144 valence electrons. The van der Waals surface area contributed by atoms with Gasteiger partial charge >= 0.3 is 0 Å². The first-order valence-corrected chi connectivity index (χ1v) is 9.43. The number of rotatable bonds is 10. The lowest BCUT2D eigenvalue weighted by Crippen LogP contribution is -2.31. The van der Waals surface area contributed by atoms with Gasteiger partial charge in [0.2, 0.25) is 10.0 Å². The van der Waals surface area contributed by atoms with Crippen LogP contribution in [-0.2, 0) is 14.8 Å². The molecule has 0 unspecified atom stereocenters. The zero-order chi connectivity index (χ0) is 17.8. The Bertz CT molecular complexity index is 626. The largest absolute Gasteiger partial charge is 0.493 e. The van der Waals surface area contributed by atoms with E-state index < -0.39 is 10.0 Å². The van der Waals surface area contributed by atoms with Gasteiger partial charge in [-0.3, -0.25) is 4.99 Å². The highest BCUT2D eigenvalue weighted by atomic mass is 127. The number of ether oxygens (including phenoxy) is 2. The van der Waals surface area contributed by atoms with Gasteiger partial charge in [-0.1, -0.05) is 6.07 Å². The standard InChI is InChI=1S/C15H26N4O4S.HI/c1-3-17-15(18-8-11-24(16,20)21)19-13-6-4-7-14(12-13)23-10-5-9-22-2;/h4,6-7,12H,3,5,8-11H2,1-2H3,(H2,16,20,21)(H2,17,18,19);1H. The zero-order valence-corrected chi connectivity index (χ0v) is 17.7. The maximum atomic E-state index is 11.0. The van der Waals surface area contributed by atoms with Crippen LogP contribution in [0.25, 0.3) is 0 Å². The molecule has 0 aliphatic heterocycles. The van der Waals surface area contributed by atoms with Crippen LogP contribution in [0.15, 0.2) is 29.3 Å². The van der Waals surface area contributed by atoms with E-state index in [9.17, 15) is 8.42 Å². The monoisotopic (exact) mass is 486 g/mol. The molecule has 0 saturated heterocycles. The fraction of sp³-hybridized carbons (Fsp3) is 0.533. The highest BCUT2D eigenvalue weighted by Crippen LogP contribution is 2.17. The molecule has 0 bridgehead atoms. The van der Waals surface area contributed by atoms with E-state index in [1.165, 1.54) is 0 Å². The van der Waals surface area contributed by atoms with Crippen molar-refractivity contribution in [1.29, 1.82) is 0 Å².